The van der Waals surface area contributed by atoms with Crippen molar-refractivity contribution in [2.45, 2.75) is 38.8 Å². The maximum Gasteiger partial charge on any atom is 0.336 e. The smallest absolute Gasteiger partial charge is 0.336 e. The average molecular weight is 428 g/mol. The standard InChI is InChI=1S/C22H22ClN3O4/c1-3-30-17-9-7-16(8-10-17)26-21(28)18-11-4-14(23)12-19(18)25(22(26)29)13(2)20(27)24-15-5-6-15/h4,7-13,15H,3,5-6H2,1-2H3,(H,24,27)/t13-/m0/s1. The van der Waals surface area contributed by atoms with E-state index in [9.17, 15) is 14.4 Å². The number of hydrogen-bond donors (Lipinski definition) is 1. The first-order valence-corrected chi connectivity index (χ1v) is 10.3. The molecule has 0 bridgehead atoms. The number of nitrogens with zero attached hydrogens (tertiary/aromatic N) is 2. The van der Waals surface area contributed by atoms with Crippen molar-refractivity contribution in [3.05, 3.63) is 68.3 Å². The Morgan fingerprint density at radius 3 is 2.53 bits per heavy atom. The number of nitrogens with one attached hydrogen (secondary N) is 1. The van der Waals surface area contributed by atoms with Gasteiger partial charge in [0.25, 0.3) is 5.56 Å². The summed E-state index contributed by atoms with van der Waals surface area (Å²) in [5.41, 5.74) is -0.341. The second-order valence-corrected chi connectivity index (χ2v) is 7.78. The van der Waals surface area contributed by atoms with Crippen LogP contribution in [0, 0.1) is 0 Å². The van der Waals surface area contributed by atoms with Gasteiger partial charge in [-0.25, -0.2) is 9.36 Å². The van der Waals surface area contributed by atoms with Crippen molar-refractivity contribution in [2.24, 2.45) is 0 Å². The molecule has 1 atom stereocenters. The molecule has 3 aromatic rings. The van der Waals surface area contributed by atoms with Gasteiger partial charge in [0.15, 0.2) is 0 Å². The molecule has 0 aliphatic heterocycles. The van der Waals surface area contributed by atoms with Crippen LogP contribution in [0.1, 0.15) is 32.7 Å². The Balaban J connectivity index is 1.93. The van der Waals surface area contributed by atoms with Gasteiger partial charge in [0.2, 0.25) is 5.91 Å². The van der Waals surface area contributed by atoms with Crippen molar-refractivity contribution in [3.63, 3.8) is 0 Å². The quantitative estimate of drug-likeness (QED) is 0.655. The Morgan fingerprint density at radius 1 is 1.20 bits per heavy atom. The zero-order valence-corrected chi connectivity index (χ0v) is 17.5. The molecule has 1 saturated carbocycles. The molecule has 1 aromatic heterocycles. The fraction of sp³-hybridized carbons (Fsp3) is 0.318. The lowest BCUT2D eigenvalue weighted by molar-refractivity contribution is -0.124. The summed E-state index contributed by atoms with van der Waals surface area (Å²) in [7, 11) is 0. The first-order valence-electron chi connectivity index (χ1n) is 9.91. The molecule has 8 heteroatoms. The third kappa shape index (κ3) is 3.73. The van der Waals surface area contributed by atoms with Crippen LogP contribution in [0.25, 0.3) is 16.6 Å². The summed E-state index contributed by atoms with van der Waals surface area (Å²) in [6, 6.07) is 10.8. The van der Waals surface area contributed by atoms with Gasteiger partial charge in [-0.1, -0.05) is 11.6 Å². The molecule has 1 aliphatic rings. The monoisotopic (exact) mass is 427 g/mol. The zero-order chi connectivity index (χ0) is 21.4. The first-order chi connectivity index (χ1) is 14.4. The van der Waals surface area contributed by atoms with Crippen LogP contribution in [0.4, 0.5) is 0 Å². The summed E-state index contributed by atoms with van der Waals surface area (Å²) in [5.74, 6) is 0.372. The Kier molecular flexibility index (Phi) is 5.39. The Hall–Kier alpha value is -3.06. The summed E-state index contributed by atoms with van der Waals surface area (Å²) >= 11 is 6.14. The van der Waals surface area contributed by atoms with Gasteiger partial charge in [-0.15, -0.1) is 0 Å². The van der Waals surface area contributed by atoms with Gasteiger partial charge in [-0.05, 0) is 69.2 Å². The van der Waals surface area contributed by atoms with E-state index < -0.39 is 17.3 Å². The van der Waals surface area contributed by atoms with Crippen molar-refractivity contribution >= 4 is 28.4 Å². The van der Waals surface area contributed by atoms with Gasteiger partial charge in [-0.2, -0.15) is 0 Å². The lowest BCUT2D eigenvalue weighted by Crippen LogP contribution is -2.44. The summed E-state index contributed by atoms with van der Waals surface area (Å²) in [6.07, 6.45) is 1.87. The summed E-state index contributed by atoms with van der Waals surface area (Å²) in [5, 5.41) is 3.60. The molecule has 0 saturated heterocycles. The molecule has 2 aromatic carbocycles. The molecule has 7 nitrogen and oxygen atoms in total. The van der Waals surface area contributed by atoms with Crippen LogP contribution in [0.2, 0.25) is 5.02 Å². The summed E-state index contributed by atoms with van der Waals surface area (Å²) in [4.78, 5) is 39.3. The van der Waals surface area contributed by atoms with E-state index in [0.717, 1.165) is 17.4 Å². The van der Waals surface area contributed by atoms with E-state index in [1.165, 1.54) is 4.57 Å². The lowest BCUT2D eigenvalue weighted by Gasteiger charge is -2.20. The molecule has 1 fully saturated rings. The average Bonchev–Trinajstić information content (AvgIpc) is 3.53. The summed E-state index contributed by atoms with van der Waals surface area (Å²) in [6.45, 7) is 4.03. The first kappa shape index (κ1) is 20.2. The number of halogens is 1. The molecule has 0 spiro atoms. The SMILES string of the molecule is CCOc1ccc(-n2c(=O)c3ccc(Cl)cc3n([C@@H](C)C(=O)NC3CC3)c2=O)cc1. The number of ether oxygens (including phenoxy) is 1. The molecule has 0 radical (unpaired) electrons. The van der Waals surface area contributed by atoms with Crippen LogP contribution in [0.15, 0.2) is 52.1 Å². The van der Waals surface area contributed by atoms with Crippen LogP contribution < -0.4 is 21.3 Å². The van der Waals surface area contributed by atoms with Crippen LogP contribution in [-0.2, 0) is 4.79 Å². The zero-order valence-electron chi connectivity index (χ0n) is 16.7. The van der Waals surface area contributed by atoms with Crippen LogP contribution in [-0.4, -0.2) is 27.7 Å². The number of carbonyl (C=O) groups excluding carboxylic acids is 1. The molecule has 0 unspecified atom stereocenters. The number of aromatic nitrogens is 2. The maximum absolute atomic E-state index is 13.4. The van der Waals surface area contributed by atoms with Crippen molar-refractivity contribution in [3.8, 4) is 11.4 Å². The van der Waals surface area contributed by atoms with E-state index in [0.29, 0.717) is 34.0 Å². The van der Waals surface area contributed by atoms with Crippen LogP contribution >= 0.6 is 11.6 Å². The van der Waals surface area contributed by atoms with Gasteiger partial charge >= 0.3 is 5.69 Å². The molecule has 1 aliphatic carbocycles. The van der Waals surface area contributed by atoms with Crippen molar-refractivity contribution in [2.75, 3.05) is 6.61 Å². The van der Waals surface area contributed by atoms with E-state index >= 15 is 0 Å². The number of rotatable bonds is 6. The van der Waals surface area contributed by atoms with E-state index in [2.05, 4.69) is 5.32 Å². The highest BCUT2D eigenvalue weighted by Crippen LogP contribution is 2.22. The minimum atomic E-state index is -0.811. The molecule has 1 N–H and O–H groups in total. The Morgan fingerprint density at radius 2 is 1.90 bits per heavy atom. The van der Waals surface area contributed by atoms with Gasteiger partial charge in [0, 0.05) is 11.1 Å². The molecule has 1 amide bonds. The van der Waals surface area contributed by atoms with Gasteiger partial charge < -0.3 is 10.1 Å². The van der Waals surface area contributed by atoms with Crippen LogP contribution in [0.5, 0.6) is 5.75 Å². The number of fused-ring (bicyclic) bond motifs is 1. The lowest BCUT2D eigenvalue weighted by atomic mass is 10.2. The van der Waals surface area contributed by atoms with E-state index in [1.807, 2.05) is 6.92 Å². The number of amides is 1. The third-order valence-corrected chi connectivity index (χ3v) is 5.38. The highest BCUT2D eigenvalue weighted by atomic mass is 35.5. The highest BCUT2D eigenvalue weighted by molar-refractivity contribution is 6.31. The normalized spacial score (nSPS) is 14.5. The fourth-order valence-electron chi connectivity index (χ4n) is 3.43. The maximum atomic E-state index is 13.4. The van der Waals surface area contributed by atoms with E-state index in [4.69, 9.17) is 16.3 Å². The molecule has 156 valence electrons. The van der Waals surface area contributed by atoms with Crippen molar-refractivity contribution in [1.29, 1.82) is 0 Å². The molecular formula is C22H22ClN3O4. The predicted molar refractivity (Wildman–Crippen MR) is 116 cm³/mol. The Labute approximate surface area is 177 Å². The number of carbonyl (C=O) groups is 1. The van der Waals surface area contributed by atoms with Crippen molar-refractivity contribution < 1.29 is 9.53 Å². The molecule has 30 heavy (non-hydrogen) atoms. The largest absolute Gasteiger partial charge is 0.494 e. The minimum Gasteiger partial charge on any atom is -0.494 e. The van der Waals surface area contributed by atoms with Crippen molar-refractivity contribution in [1.82, 2.24) is 14.5 Å². The molecular weight excluding hydrogens is 406 g/mol. The highest BCUT2D eigenvalue weighted by Gasteiger charge is 2.28. The summed E-state index contributed by atoms with van der Waals surface area (Å²) < 4.78 is 7.84. The Bertz CT molecular complexity index is 1230. The third-order valence-electron chi connectivity index (χ3n) is 5.15. The molecule has 4 rings (SSSR count). The molecule has 1 heterocycles. The predicted octanol–water partition coefficient (Wildman–Crippen LogP) is 3.04. The topological polar surface area (TPSA) is 82.3 Å². The van der Waals surface area contributed by atoms with Gasteiger partial charge in [-0.3, -0.25) is 14.2 Å². The van der Waals surface area contributed by atoms with Crippen LogP contribution in [0.3, 0.4) is 0 Å². The number of benzene rings is 2. The minimum absolute atomic E-state index is 0.155. The van der Waals surface area contributed by atoms with E-state index in [1.54, 1.807) is 49.4 Å². The second kappa shape index (κ2) is 7.99. The second-order valence-electron chi connectivity index (χ2n) is 7.34. The van der Waals surface area contributed by atoms with Gasteiger partial charge in [0.1, 0.15) is 11.8 Å². The number of hydrogen-bond acceptors (Lipinski definition) is 4. The fourth-order valence-corrected chi connectivity index (χ4v) is 3.60. The van der Waals surface area contributed by atoms with E-state index in [-0.39, 0.29) is 11.9 Å². The van der Waals surface area contributed by atoms with Gasteiger partial charge in [0.05, 0.1) is 23.2 Å².